The second-order valence-corrected chi connectivity index (χ2v) is 9.37. The Bertz CT molecular complexity index is 1110. The summed E-state index contributed by atoms with van der Waals surface area (Å²) in [5.74, 6) is 0.498. The van der Waals surface area contributed by atoms with Crippen molar-refractivity contribution < 1.29 is 28.9 Å². The normalized spacial score (nSPS) is 17.2. The van der Waals surface area contributed by atoms with E-state index in [1.807, 2.05) is 25.9 Å². The minimum atomic E-state index is -0.772. The smallest absolute Gasteiger partial charge is 0.295 e. The molecule has 0 unspecified atom stereocenters. The highest BCUT2D eigenvalue weighted by atomic mass is 16.5. The predicted octanol–water partition coefficient (Wildman–Crippen LogP) is 4.11. The zero-order chi connectivity index (χ0) is 26.4. The fraction of sp³-hybridized carbons (Fsp3) is 0.429. The molecular formula is C28H36N2O6. The molecule has 0 aromatic heterocycles. The number of rotatable bonds is 11. The van der Waals surface area contributed by atoms with E-state index in [4.69, 9.17) is 14.2 Å². The van der Waals surface area contributed by atoms with Crippen molar-refractivity contribution in [1.29, 1.82) is 0 Å². The van der Waals surface area contributed by atoms with Gasteiger partial charge in [0.15, 0.2) is 11.5 Å². The maximum absolute atomic E-state index is 13.2. The van der Waals surface area contributed by atoms with E-state index < -0.39 is 17.7 Å². The predicted molar refractivity (Wildman–Crippen MR) is 139 cm³/mol. The number of methoxy groups -OCH3 is 1. The van der Waals surface area contributed by atoms with Gasteiger partial charge in [0.1, 0.15) is 11.5 Å². The van der Waals surface area contributed by atoms with Crippen LogP contribution in [0.25, 0.3) is 5.76 Å². The van der Waals surface area contributed by atoms with E-state index >= 15 is 0 Å². The van der Waals surface area contributed by atoms with Crippen LogP contribution in [0.5, 0.6) is 17.2 Å². The van der Waals surface area contributed by atoms with E-state index in [2.05, 4.69) is 13.8 Å². The van der Waals surface area contributed by atoms with Crippen LogP contribution in [0.3, 0.4) is 0 Å². The van der Waals surface area contributed by atoms with E-state index in [-0.39, 0.29) is 11.3 Å². The first-order valence-corrected chi connectivity index (χ1v) is 12.1. The van der Waals surface area contributed by atoms with Gasteiger partial charge < -0.3 is 29.1 Å². The number of nitrogens with zero attached hydrogens (tertiary/aromatic N) is 2. The van der Waals surface area contributed by atoms with E-state index in [9.17, 15) is 14.7 Å². The molecule has 1 amide bonds. The summed E-state index contributed by atoms with van der Waals surface area (Å²) in [6.45, 7) is 7.91. The molecule has 194 valence electrons. The van der Waals surface area contributed by atoms with Gasteiger partial charge in [-0.2, -0.15) is 0 Å². The van der Waals surface area contributed by atoms with Crippen LogP contribution in [0.4, 0.5) is 0 Å². The van der Waals surface area contributed by atoms with Crippen molar-refractivity contribution in [3.63, 3.8) is 0 Å². The number of benzene rings is 2. The Morgan fingerprint density at radius 1 is 1.06 bits per heavy atom. The topological polar surface area (TPSA) is 88.5 Å². The first kappa shape index (κ1) is 27.1. The number of hydrogen-bond acceptors (Lipinski definition) is 7. The van der Waals surface area contributed by atoms with E-state index in [0.29, 0.717) is 60.6 Å². The highest BCUT2D eigenvalue weighted by Gasteiger charge is 2.46. The summed E-state index contributed by atoms with van der Waals surface area (Å²) >= 11 is 0. The van der Waals surface area contributed by atoms with Crippen LogP contribution in [0, 0.1) is 5.92 Å². The van der Waals surface area contributed by atoms with E-state index in [1.54, 1.807) is 42.5 Å². The first-order valence-electron chi connectivity index (χ1n) is 12.1. The SMILES string of the molecule is CCOc1ccc([C@@H]2C(=C(O)c3ccc(OCC(C)C)cc3)C(=O)C(=O)N2CCN(C)C)cc1OC. The number of carbonyl (C=O) groups excluding carboxylic acids is 2. The standard InChI is InChI=1S/C28H36N2O6/c1-7-35-22-13-10-20(16-23(22)34-6)25-24(27(32)28(33)30(25)15-14-29(4)5)26(31)19-8-11-21(12-9-19)36-17-18(2)3/h8-13,16,18,25,31H,7,14-15,17H2,1-6H3/t25-/m1/s1. The summed E-state index contributed by atoms with van der Waals surface area (Å²) in [7, 11) is 5.33. The van der Waals surface area contributed by atoms with Crippen LogP contribution in [0.1, 0.15) is 37.9 Å². The average Bonchev–Trinajstić information content (AvgIpc) is 3.11. The summed E-state index contributed by atoms with van der Waals surface area (Å²) in [4.78, 5) is 29.8. The lowest BCUT2D eigenvalue weighted by Crippen LogP contribution is -2.35. The van der Waals surface area contributed by atoms with Crippen molar-refractivity contribution in [3.8, 4) is 17.2 Å². The number of carbonyl (C=O) groups is 2. The molecule has 2 aromatic carbocycles. The van der Waals surface area contributed by atoms with Crippen LogP contribution in [0.2, 0.25) is 0 Å². The third-order valence-electron chi connectivity index (χ3n) is 5.84. The average molecular weight is 497 g/mol. The molecule has 1 aliphatic heterocycles. The number of aliphatic hydroxyl groups is 1. The molecular weight excluding hydrogens is 460 g/mol. The number of aliphatic hydroxyl groups excluding tert-OH is 1. The zero-order valence-electron chi connectivity index (χ0n) is 21.9. The molecule has 2 aromatic rings. The number of likely N-dealkylation sites (N-methyl/N-ethyl adjacent to an activating group) is 1. The third kappa shape index (κ3) is 5.99. The molecule has 1 heterocycles. The van der Waals surface area contributed by atoms with Gasteiger partial charge in [-0.15, -0.1) is 0 Å². The summed E-state index contributed by atoms with van der Waals surface area (Å²) in [5.41, 5.74) is 1.12. The molecule has 8 heteroatoms. The van der Waals surface area contributed by atoms with Gasteiger partial charge in [-0.3, -0.25) is 9.59 Å². The van der Waals surface area contributed by atoms with Crippen molar-refractivity contribution in [1.82, 2.24) is 9.80 Å². The molecule has 0 spiro atoms. The van der Waals surface area contributed by atoms with Crippen molar-refractivity contribution in [2.24, 2.45) is 5.92 Å². The fourth-order valence-electron chi connectivity index (χ4n) is 4.02. The minimum absolute atomic E-state index is 0.0424. The van der Waals surface area contributed by atoms with E-state index in [0.717, 1.165) is 0 Å². The zero-order valence-corrected chi connectivity index (χ0v) is 21.9. The highest BCUT2D eigenvalue weighted by molar-refractivity contribution is 6.46. The van der Waals surface area contributed by atoms with Crippen LogP contribution >= 0.6 is 0 Å². The van der Waals surface area contributed by atoms with Gasteiger partial charge in [0.25, 0.3) is 11.7 Å². The van der Waals surface area contributed by atoms with Crippen LogP contribution in [0.15, 0.2) is 48.0 Å². The lowest BCUT2D eigenvalue weighted by atomic mass is 9.95. The van der Waals surface area contributed by atoms with Gasteiger partial charge >= 0.3 is 0 Å². The first-order chi connectivity index (χ1) is 17.2. The molecule has 8 nitrogen and oxygen atoms in total. The van der Waals surface area contributed by atoms with Crippen molar-refractivity contribution in [2.45, 2.75) is 26.8 Å². The molecule has 1 fully saturated rings. The van der Waals surface area contributed by atoms with Crippen molar-refractivity contribution in [3.05, 3.63) is 59.2 Å². The van der Waals surface area contributed by atoms with Gasteiger partial charge in [-0.05, 0) is 68.9 Å². The molecule has 0 radical (unpaired) electrons. The number of amides is 1. The molecule has 1 aliphatic rings. The highest BCUT2D eigenvalue weighted by Crippen LogP contribution is 2.42. The lowest BCUT2D eigenvalue weighted by molar-refractivity contribution is -0.140. The maximum Gasteiger partial charge on any atom is 0.295 e. The monoisotopic (exact) mass is 496 g/mol. The Balaban J connectivity index is 2.08. The molecule has 3 rings (SSSR count). The lowest BCUT2D eigenvalue weighted by Gasteiger charge is -2.27. The van der Waals surface area contributed by atoms with Crippen LogP contribution < -0.4 is 14.2 Å². The summed E-state index contributed by atoms with van der Waals surface area (Å²) < 4.78 is 16.9. The second kappa shape index (κ2) is 11.9. The van der Waals surface area contributed by atoms with Crippen LogP contribution in [-0.2, 0) is 9.59 Å². The number of ketones is 1. The van der Waals surface area contributed by atoms with Crippen molar-refractivity contribution >= 4 is 17.4 Å². The quantitative estimate of drug-likeness (QED) is 0.285. The Kier molecular flexibility index (Phi) is 8.98. The molecule has 1 N–H and O–H groups in total. The minimum Gasteiger partial charge on any atom is -0.507 e. The Hall–Kier alpha value is -3.52. The van der Waals surface area contributed by atoms with Gasteiger partial charge in [0.05, 0.1) is 31.9 Å². The Labute approximate surface area is 213 Å². The number of Topliss-reactive ketones (excluding diaryl/α,β-unsaturated/α-hetero) is 1. The van der Waals surface area contributed by atoms with Gasteiger partial charge in [0, 0.05) is 18.7 Å². The Morgan fingerprint density at radius 2 is 1.75 bits per heavy atom. The molecule has 0 bridgehead atoms. The molecule has 36 heavy (non-hydrogen) atoms. The maximum atomic E-state index is 13.2. The number of likely N-dealkylation sites (tertiary alicyclic amines) is 1. The number of ether oxygens (including phenoxy) is 3. The van der Waals surface area contributed by atoms with Crippen molar-refractivity contribution in [2.75, 3.05) is 47.5 Å². The molecule has 1 atom stereocenters. The summed E-state index contributed by atoms with van der Waals surface area (Å²) in [6.07, 6.45) is 0. The van der Waals surface area contributed by atoms with Gasteiger partial charge in [-0.1, -0.05) is 19.9 Å². The van der Waals surface area contributed by atoms with Gasteiger partial charge in [0.2, 0.25) is 0 Å². The summed E-state index contributed by atoms with van der Waals surface area (Å²) in [6, 6.07) is 11.4. The third-order valence-corrected chi connectivity index (χ3v) is 5.84. The van der Waals surface area contributed by atoms with E-state index in [1.165, 1.54) is 12.0 Å². The molecule has 1 saturated heterocycles. The van der Waals surface area contributed by atoms with Gasteiger partial charge in [-0.25, -0.2) is 0 Å². The summed E-state index contributed by atoms with van der Waals surface area (Å²) in [5, 5.41) is 11.3. The molecule has 0 aliphatic carbocycles. The second-order valence-electron chi connectivity index (χ2n) is 9.37. The molecule has 0 saturated carbocycles. The largest absolute Gasteiger partial charge is 0.507 e. The Morgan fingerprint density at radius 3 is 2.33 bits per heavy atom. The number of hydrogen-bond donors (Lipinski definition) is 1. The fourth-order valence-corrected chi connectivity index (χ4v) is 4.02. The van der Waals surface area contributed by atoms with Crippen LogP contribution in [-0.4, -0.2) is 74.1 Å².